The van der Waals surface area contributed by atoms with Crippen molar-refractivity contribution in [2.24, 2.45) is 0 Å². The predicted molar refractivity (Wildman–Crippen MR) is 75.0 cm³/mol. The summed E-state index contributed by atoms with van der Waals surface area (Å²) in [6, 6.07) is 13.3. The summed E-state index contributed by atoms with van der Waals surface area (Å²) in [5, 5.41) is 0. The molecule has 0 spiro atoms. The van der Waals surface area contributed by atoms with E-state index >= 15 is 0 Å². The first-order chi connectivity index (χ1) is 9.25. The first-order valence-electron chi connectivity index (χ1n) is 6.55. The summed E-state index contributed by atoms with van der Waals surface area (Å²) in [5.74, 6) is 1.17. The van der Waals surface area contributed by atoms with Crippen molar-refractivity contribution in [3.05, 3.63) is 60.1 Å². The average Bonchev–Trinajstić information content (AvgIpc) is 2.92. The zero-order valence-corrected chi connectivity index (χ0v) is 11.2. The van der Waals surface area contributed by atoms with Crippen LogP contribution in [0.15, 0.2) is 53.1 Å². The van der Waals surface area contributed by atoms with Gasteiger partial charge in [0.15, 0.2) is 5.78 Å². The van der Waals surface area contributed by atoms with Gasteiger partial charge < -0.3 is 4.42 Å². The van der Waals surface area contributed by atoms with E-state index < -0.39 is 0 Å². The van der Waals surface area contributed by atoms with Crippen LogP contribution in [-0.2, 0) is 6.54 Å². The Morgan fingerprint density at radius 3 is 2.63 bits per heavy atom. The fraction of sp³-hybridized carbons (Fsp3) is 0.312. The van der Waals surface area contributed by atoms with Gasteiger partial charge in [-0.05, 0) is 32.1 Å². The van der Waals surface area contributed by atoms with Crippen molar-refractivity contribution >= 4 is 5.78 Å². The van der Waals surface area contributed by atoms with Gasteiger partial charge in [0.25, 0.3) is 0 Å². The zero-order chi connectivity index (χ0) is 13.5. The molecule has 0 aliphatic heterocycles. The van der Waals surface area contributed by atoms with Crippen molar-refractivity contribution in [1.82, 2.24) is 4.90 Å². The van der Waals surface area contributed by atoms with Crippen molar-refractivity contribution in [1.29, 1.82) is 0 Å². The summed E-state index contributed by atoms with van der Waals surface area (Å²) in [7, 11) is 2.04. The number of furan rings is 1. The van der Waals surface area contributed by atoms with Gasteiger partial charge in [-0.2, -0.15) is 0 Å². The lowest BCUT2D eigenvalue weighted by Gasteiger charge is -2.14. The van der Waals surface area contributed by atoms with Crippen LogP contribution in [0.1, 0.15) is 29.0 Å². The summed E-state index contributed by atoms with van der Waals surface area (Å²) in [5.41, 5.74) is 0.802. The van der Waals surface area contributed by atoms with Crippen molar-refractivity contribution in [2.75, 3.05) is 13.6 Å². The molecule has 0 amide bonds. The molecule has 3 heteroatoms. The van der Waals surface area contributed by atoms with Crippen molar-refractivity contribution in [3.63, 3.8) is 0 Å². The summed E-state index contributed by atoms with van der Waals surface area (Å²) in [6.45, 7) is 1.67. The molecule has 0 unspecified atom stereocenters. The van der Waals surface area contributed by atoms with Crippen molar-refractivity contribution in [2.45, 2.75) is 19.4 Å². The lowest BCUT2D eigenvalue weighted by molar-refractivity contribution is 0.0975. The Bertz CT molecular complexity index is 491. The highest BCUT2D eigenvalue weighted by Gasteiger charge is 2.07. The first kappa shape index (κ1) is 13.6. The summed E-state index contributed by atoms with van der Waals surface area (Å²) < 4.78 is 5.29. The Morgan fingerprint density at radius 1 is 1.16 bits per heavy atom. The molecule has 0 bridgehead atoms. The van der Waals surface area contributed by atoms with E-state index in [1.54, 1.807) is 6.26 Å². The molecule has 0 aliphatic carbocycles. The second-order valence-electron chi connectivity index (χ2n) is 4.71. The Labute approximate surface area is 113 Å². The van der Waals surface area contributed by atoms with E-state index in [1.165, 1.54) is 0 Å². The minimum absolute atomic E-state index is 0.215. The highest BCUT2D eigenvalue weighted by molar-refractivity contribution is 5.95. The van der Waals surface area contributed by atoms with Crippen LogP contribution in [-0.4, -0.2) is 24.3 Å². The molecule has 100 valence electrons. The Kier molecular flexibility index (Phi) is 4.93. The maximum atomic E-state index is 11.9. The molecular weight excluding hydrogens is 238 g/mol. The van der Waals surface area contributed by atoms with E-state index in [1.807, 2.05) is 49.5 Å². The Balaban J connectivity index is 1.70. The Hall–Kier alpha value is -1.87. The van der Waals surface area contributed by atoms with Crippen LogP contribution in [0.4, 0.5) is 0 Å². The van der Waals surface area contributed by atoms with Crippen LogP contribution < -0.4 is 0 Å². The SMILES string of the molecule is CN(CCCC(=O)c1ccccc1)Cc1ccco1. The van der Waals surface area contributed by atoms with Gasteiger partial charge in [-0.25, -0.2) is 0 Å². The maximum absolute atomic E-state index is 11.9. The smallest absolute Gasteiger partial charge is 0.162 e. The second-order valence-corrected chi connectivity index (χ2v) is 4.71. The van der Waals surface area contributed by atoms with Crippen LogP contribution in [0, 0.1) is 0 Å². The fourth-order valence-corrected chi connectivity index (χ4v) is 2.03. The second kappa shape index (κ2) is 6.90. The van der Waals surface area contributed by atoms with E-state index in [0.29, 0.717) is 6.42 Å². The van der Waals surface area contributed by atoms with Crippen LogP contribution >= 0.6 is 0 Å². The summed E-state index contributed by atoms with van der Waals surface area (Å²) >= 11 is 0. The lowest BCUT2D eigenvalue weighted by atomic mass is 10.1. The number of carbonyl (C=O) groups excluding carboxylic acids is 1. The van der Waals surface area contributed by atoms with Gasteiger partial charge >= 0.3 is 0 Å². The molecule has 3 nitrogen and oxygen atoms in total. The highest BCUT2D eigenvalue weighted by Crippen LogP contribution is 2.07. The molecule has 0 N–H and O–H groups in total. The molecule has 0 radical (unpaired) electrons. The van der Waals surface area contributed by atoms with Gasteiger partial charge in [-0.3, -0.25) is 9.69 Å². The maximum Gasteiger partial charge on any atom is 0.162 e. The minimum atomic E-state index is 0.215. The zero-order valence-electron chi connectivity index (χ0n) is 11.2. The molecule has 1 aromatic heterocycles. The molecule has 2 aromatic rings. The number of hydrogen-bond donors (Lipinski definition) is 0. The molecule has 2 rings (SSSR count). The number of rotatable bonds is 7. The van der Waals surface area contributed by atoms with Gasteiger partial charge in [0, 0.05) is 12.0 Å². The van der Waals surface area contributed by atoms with Crippen LogP contribution in [0.25, 0.3) is 0 Å². The molecule has 0 atom stereocenters. The van der Waals surface area contributed by atoms with Gasteiger partial charge in [0.1, 0.15) is 5.76 Å². The number of hydrogen-bond acceptors (Lipinski definition) is 3. The molecule has 0 saturated heterocycles. The largest absolute Gasteiger partial charge is 0.468 e. The fourth-order valence-electron chi connectivity index (χ4n) is 2.03. The third-order valence-corrected chi connectivity index (χ3v) is 3.05. The van der Waals surface area contributed by atoms with Gasteiger partial charge in [0.2, 0.25) is 0 Å². The van der Waals surface area contributed by atoms with Crippen molar-refractivity contribution < 1.29 is 9.21 Å². The quantitative estimate of drug-likeness (QED) is 0.713. The number of benzene rings is 1. The monoisotopic (exact) mass is 257 g/mol. The summed E-state index contributed by atoms with van der Waals surface area (Å²) in [6.07, 6.45) is 3.14. The van der Waals surface area contributed by atoms with E-state index in [2.05, 4.69) is 4.90 Å². The number of nitrogens with zero attached hydrogens (tertiary/aromatic N) is 1. The van der Waals surface area contributed by atoms with Gasteiger partial charge in [-0.15, -0.1) is 0 Å². The Morgan fingerprint density at radius 2 is 1.95 bits per heavy atom. The van der Waals surface area contributed by atoms with Gasteiger partial charge in [-0.1, -0.05) is 30.3 Å². The lowest BCUT2D eigenvalue weighted by Crippen LogP contribution is -2.19. The van der Waals surface area contributed by atoms with Crippen LogP contribution in [0.5, 0.6) is 0 Å². The van der Waals surface area contributed by atoms with E-state index in [4.69, 9.17) is 4.42 Å². The first-order valence-corrected chi connectivity index (χ1v) is 6.55. The van der Waals surface area contributed by atoms with E-state index in [-0.39, 0.29) is 5.78 Å². The van der Waals surface area contributed by atoms with Gasteiger partial charge in [0.05, 0.1) is 12.8 Å². The van der Waals surface area contributed by atoms with E-state index in [0.717, 1.165) is 30.8 Å². The molecule has 0 fully saturated rings. The van der Waals surface area contributed by atoms with Crippen LogP contribution in [0.3, 0.4) is 0 Å². The number of ketones is 1. The minimum Gasteiger partial charge on any atom is -0.468 e. The number of carbonyl (C=O) groups is 1. The standard InChI is InChI=1S/C16H19NO2/c1-17(13-15-9-6-12-19-15)11-5-10-16(18)14-7-3-2-4-8-14/h2-4,6-9,12H,5,10-11,13H2,1H3. The average molecular weight is 257 g/mol. The predicted octanol–water partition coefficient (Wildman–Crippen LogP) is 3.37. The number of Topliss-reactive ketones (excluding diaryl/α,β-unsaturated/α-hetero) is 1. The van der Waals surface area contributed by atoms with Crippen molar-refractivity contribution in [3.8, 4) is 0 Å². The summed E-state index contributed by atoms with van der Waals surface area (Å²) in [4.78, 5) is 14.1. The normalized spacial score (nSPS) is 10.8. The molecule has 0 saturated carbocycles. The van der Waals surface area contributed by atoms with E-state index in [9.17, 15) is 4.79 Å². The highest BCUT2D eigenvalue weighted by atomic mass is 16.3. The molecular formula is C16H19NO2. The molecule has 19 heavy (non-hydrogen) atoms. The molecule has 1 aromatic carbocycles. The molecule has 0 aliphatic rings. The third-order valence-electron chi connectivity index (χ3n) is 3.05. The molecule has 1 heterocycles. The topological polar surface area (TPSA) is 33.5 Å². The van der Waals surface area contributed by atoms with Crippen LogP contribution in [0.2, 0.25) is 0 Å². The third kappa shape index (κ3) is 4.38.